The first-order valence-corrected chi connectivity index (χ1v) is 6.50. The second kappa shape index (κ2) is 6.33. The van der Waals surface area contributed by atoms with Gasteiger partial charge in [-0.3, -0.25) is 4.79 Å². The van der Waals surface area contributed by atoms with Crippen LogP contribution in [-0.4, -0.2) is 23.0 Å². The van der Waals surface area contributed by atoms with Crippen LogP contribution < -0.4 is 14.8 Å². The van der Waals surface area contributed by atoms with Crippen LogP contribution in [0.5, 0.6) is 17.6 Å². The molecule has 0 spiro atoms. The number of carbonyl (C=O) groups excluding carboxylic acids is 1. The summed E-state index contributed by atoms with van der Waals surface area (Å²) in [4.78, 5) is 19.3. The van der Waals surface area contributed by atoms with Crippen molar-refractivity contribution in [2.75, 3.05) is 12.4 Å². The minimum absolute atomic E-state index is 0.128. The van der Waals surface area contributed by atoms with E-state index in [0.717, 1.165) is 0 Å². The normalized spacial score (nSPS) is 9.95. The molecular formula is C13H12BrN3O3. The maximum Gasteiger partial charge on any atom is 0.325 e. The molecule has 0 saturated heterocycles. The molecule has 0 saturated carbocycles. The predicted molar refractivity (Wildman–Crippen MR) is 77.1 cm³/mol. The zero-order valence-electron chi connectivity index (χ0n) is 10.9. The van der Waals surface area contributed by atoms with Crippen molar-refractivity contribution in [2.45, 2.75) is 6.92 Å². The van der Waals surface area contributed by atoms with Gasteiger partial charge in [0, 0.05) is 6.92 Å². The summed E-state index contributed by atoms with van der Waals surface area (Å²) in [7, 11) is 1.50. The lowest BCUT2D eigenvalue weighted by Crippen LogP contribution is -2.07. The minimum atomic E-state index is -0.185. The number of amides is 1. The Kier molecular flexibility index (Phi) is 4.52. The van der Waals surface area contributed by atoms with Crippen LogP contribution in [0.15, 0.2) is 34.9 Å². The molecule has 2 aromatic rings. The summed E-state index contributed by atoms with van der Waals surface area (Å²) in [5.74, 6) is 0.634. The third-order valence-corrected chi connectivity index (χ3v) is 2.83. The van der Waals surface area contributed by atoms with Crippen molar-refractivity contribution < 1.29 is 14.3 Å². The van der Waals surface area contributed by atoms with Gasteiger partial charge >= 0.3 is 6.01 Å². The first kappa shape index (κ1) is 14.3. The quantitative estimate of drug-likeness (QED) is 0.928. The molecule has 0 bridgehead atoms. The highest BCUT2D eigenvalue weighted by Crippen LogP contribution is 2.29. The van der Waals surface area contributed by atoms with Crippen molar-refractivity contribution in [3.05, 3.63) is 34.9 Å². The Morgan fingerprint density at radius 3 is 2.80 bits per heavy atom. The van der Waals surface area contributed by atoms with E-state index >= 15 is 0 Å². The average molecular weight is 338 g/mol. The largest absolute Gasteiger partial charge is 0.480 e. The molecule has 0 aliphatic rings. The van der Waals surface area contributed by atoms with E-state index in [1.54, 1.807) is 24.3 Å². The molecule has 104 valence electrons. The van der Waals surface area contributed by atoms with Gasteiger partial charge in [-0.2, -0.15) is 4.98 Å². The van der Waals surface area contributed by atoms with Crippen molar-refractivity contribution in [2.24, 2.45) is 0 Å². The van der Waals surface area contributed by atoms with E-state index in [-0.39, 0.29) is 11.9 Å². The van der Waals surface area contributed by atoms with Gasteiger partial charge in [-0.05, 0) is 28.1 Å². The number of nitrogens with zero attached hydrogens (tertiary/aromatic N) is 2. The first-order chi connectivity index (χ1) is 9.60. The number of benzene rings is 1. The lowest BCUT2D eigenvalue weighted by Gasteiger charge is -2.10. The van der Waals surface area contributed by atoms with Gasteiger partial charge in [-0.15, -0.1) is 0 Å². The maximum atomic E-state index is 11.1. The van der Waals surface area contributed by atoms with E-state index in [4.69, 9.17) is 9.47 Å². The van der Waals surface area contributed by atoms with Crippen molar-refractivity contribution in [1.82, 2.24) is 9.97 Å². The number of hydrogen-bond donors (Lipinski definition) is 1. The molecule has 2 rings (SSSR count). The van der Waals surface area contributed by atoms with Crippen LogP contribution in [0, 0.1) is 0 Å². The van der Waals surface area contributed by atoms with Crippen LogP contribution >= 0.6 is 15.9 Å². The molecule has 1 aromatic heterocycles. The summed E-state index contributed by atoms with van der Waals surface area (Å²) in [6.07, 6.45) is 1.53. The Morgan fingerprint density at radius 1 is 1.35 bits per heavy atom. The molecule has 20 heavy (non-hydrogen) atoms. The zero-order chi connectivity index (χ0) is 14.5. The number of methoxy groups -OCH3 is 1. The number of hydrogen-bond acceptors (Lipinski definition) is 5. The number of aromatic nitrogens is 2. The molecule has 0 radical (unpaired) electrons. The predicted octanol–water partition coefficient (Wildman–Crippen LogP) is 3.00. The highest BCUT2D eigenvalue weighted by molar-refractivity contribution is 9.10. The molecule has 6 nitrogen and oxygen atoms in total. The van der Waals surface area contributed by atoms with Gasteiger partial charge in [0.2, 0.25) is 11.8 Å². The summed E-state index contributed by atoms with van der Waals surface area (Å²) in [5.41, 5.74) is 0.547. The molecule has 1 heterocycles. The Labute approximate surface area is 124 Å². The molecule has 0 aliphatic carbocycles. The number of halogens is 1. The molecule has 1 aromatic carbocycles. The van der Waals surface area contributed by atoms with E-state index in [1.807, 2.05) is 0 Å². The van der Waals surface area contributed by atoms with Crippen molar-refractivity contribution in [3.8, 4) is 17.6 Å². The van der Waals surface area contributed by atoms with Gasteiger partial charge in [0.05, 0.1) is 23.5 Å². The van der Waals surface area contributed by atoms with Crippen LogP contribution in [-0.2, 0) is 4.79 Å². The lowest BCUT2D eigenvalue weighted by atomic mass is 10.3. The van der Waals surface area contributed by atoms with E-state index in [1.165, 1.54) is 20.2 Å². The zero-order valence-corrected chi connectivity index (χ0v) is 12.5. The van der Waals surface area contributed by atoms with E-state index in [9.17, 15) is 4.79 Å². The van der Waals surface area contributed by atoms with Gasteiger partial charge < -0.3 is 14.8 Å². The molecule has 0 unspecified atom stereocenters. The van der Waals surface area contributed by atoms with Crippen molar-refractivity contribution in [1.29, 1.82) is 0 Å². The number of nitrogens with one attached hydrogen (secondary N) is 1. The maximum absolute atomic E-state index is 11.1. The molecule has 1 amide bonds. The smallest absolute Gasteiger partial charge is 0.325 e. The topological polar surface area (TPSA) is 73.3 Å². The molecule has 0 atom stereocenters. The second-order valence-corrected chi connectivity index (χ2v) is 4.64. The monoisotopic (exact) mass is 337 g/mol. The van der Waals surface area contributed by atoms with Crippen LogP contribution in [0.4, 0.5) is 5.69 Å². The third-order valence-electron chi connectivity index (χ3n) is 2.28. The minimum Gasteiger partial charge on any atom is -0.480 e. The van der Waals surface area contributed by atoms with Crippen LogP contribution in [0.1, 0.15) is 6.92 Å². The van der Waals surface area contributed by atoms with Gasteiger partial charge in [-0.1, -0.05) is 12.1 Å². The third kappa shape index (κ3) is 3.45. The first-order valence-electron chi connectivity index (χ1n) is 5.71. The number of carbonyl (C=O) groups is 1. The van der Waals surface area contributed by atoms with Crippen LogP contribution in [0.3, 0.4) is 0 Å². The fourth-order valence-corrected chi connectivity index (χ4v) is 1.83. The Balaban J connectivity index is 2.28. The average Bonchev–Trinajstić information content (AvgIpc) is 2.42. The number of anilines is 1. The van der Waals surface area contributed by atoms with Gasteiger partial charge in [0.15, 0.2) is 5.75 Å². The fraction of sp³-hybridized carbons (Fsp3) is 0.154. The van der Waals surface area contributed by atoms with Crippen LogP contribution in [0.25, 0.3) is 0 Å². The molecule has 1 N–H and O–H groups in total. The van der Waals surface area contributed by atoms with E-state index in [0.29, 0.717) is 21.8 Å². The van der Waals surface area contributed by atoms with E-state index < -0.39 is 0 Å². The summed E-state index contributed by atoms with van der Waals surface area (Å²) < 4.78 is 11.3. The van der Waals surface area contributed by atoms with E-state index in [2.05, 4.69) is 31.2 Å². The van der Waals surface area contributed by atoms with Crippen LogP contribution in [0.2, 0.25) is 0 Å². The fourth-order valence-electron chi connectivity index (χ4n) is 1.48. The molecule has 0 fully saturated rings. The lowest BCUT2D eigenvalue weighted by molar-refractivity contribution is -0.114. The highest BCUT2D eigenvalue weighted by atomic mass is 79.9. The molecule has 7 heteroatoms. The molecule has 0 aliphatic heterocycles. The highest BCUT2D eigenvalue weighted by Gasteiger charge is 2.10. The summed E-state index contributed by atoms with van der Waals surface area (Å²) in [5, 5.41) is 2.67. The number of ether oxygens (including phenoxy) is 2. The SMILES string of the molecule is COc1nc(Oc2ccccc2NC(C)=O)ncc1Br. The van der Waals surface area contributed by atoms with Crippen molar-refractivity contribution in [3.63, 3.8) is 0 Å². The Bertz CT molecular complexity index is 634. The summed E-state index contributed by atoms with van der Waals surface area (Å²) in [6.45, 7) is 1.43. The second-order valence-electron chi connectivity index (χ2n) is 3.79. The number of rotatable bonds is 4. The molecular weight excluding hydrogens is 326 g/mol. The standard InChI is InChI=1S/C13H12BrN3O3/c1-8(18)16-10-5-3-4-6-11(10)20-13-15-7-9(14)12(17-13)19-2/h3-7H,1-2H3,(H,16,18). The summed E-state index contributed by atoms with van der Waals surface area (Å²) >= 11 is 3.26. The van der Waals surface area contributed by atoms with Gasteiger partial charge in [0.1, 0.15) is 0 Å². The van der Waals surface area contributed by atoms with Crippen molar-refractivity contribution >= 4 is 27.5 Å². The summed E-state index contributed by atoms with van der Waals surface area (Å²) in [6, 6.07) is 7.15. The van der Waals surface area contributed by atoms with Gasteiger partial charge in [-0.25, -0.2) is 4.98 Å². The van der Waals surface area contributed by atoms with Gasteiger partial charge in [0.25, 0.3) is 0 Å². The Hall–Kier alpha value is -2.15. The number of para-hydroxylation sites is 2. The Morgan fingerprint density at radius 2 is 2.10 bits per heavy atom.